The van der Waals surface area contributed by atoms with Gasteiger partial charge in [-0.1, -0.05) is 0 Å². The van der Waals surface area contributed by atoms with Gasteiger partial charge in [0.1, 0.15) is 5.54 Å². The van der Waals surface area contributed by atoms with Crippen LogP contribution in [-0.2, 0) is 11.0 Å². The lowest BCUT2D eigenvalue weighted by Gasteiger charge is -2.26. The number of halogens is 3. The number of benzene rings is 1. The van der Waals surface area contributed by atoms with Gasteiger partial charge in [-0.3, -0.25) is 4.79 Å². The van der Waals surface area contributed by atoms with Crippen LogP contribution in [0.4, 0.5) is 23.7 Å². The number of carbonyl (C=O) groups excluding carboxylic acids is 2. The predicted octanol–water partition coefficient (Wildman–Crippen LogP) is 2.08. The number of anilines is 1. The molecule has 9 heteroatoms. The van der Waals surface area contributed by atoms with Crippen LogP contribution in [0, 0.1) is 11.3 Å². The van der Waals surface area contributed by atoms with Crippen LogP contribution in [0.5, 0.6) is 0 Å². The lowest BCUT2D eigenvalue weighted by atomic mass is 10.0. The van der Waals surface area contributed by atoms with Gasteiger partial charge in [0.2, 0.25) is 0 Å². The molecule has 1 aromatic carbocycles. The summed E-state index contributed by atoms with van der Waals surface area (Å²) in [7, 11) is 0. The molecule has 0 aromatic heterocycles. The van der Waals surface area contributed by atoms with Gasteiger partial charge < -0.3 is 10.6 Å². The number of rotatable bonds is 3. The maximum atomic E-state index is 13.1. The minimum absolute atomic E-state index is 0.0937. The summed E-state index contributed by atoms with van der Waals surface area (Å²) in [6, 6.07) is 3.43. The Morgan fingerprint density at radius 2 is 1.92 bits per heavy atom. The van der Waals surface area contributed by atoms with E-state index in [-0.39, 0.29) is 18.8 Å². The second-order valence-corrected chi connectivity index (χ2v) is 5.76. The van der Waals surface area contributed by atoms with Crippen molar-refractivity contribution in [3.8, 4) is 6.07 Å². The normalized spacial score (nSPS) is 17.4. The average Bonchev–Trinajstić information content (AvgIpc) is 2.66. The highest BCUT2D eigenvalue weighted by atomic mass is 19.4. The van der Waals surface area contributed by atoms with Crippen LogP contribution in [0.15, 0.2) is 18.2 Å². The van der Waals surface area contributed by atoms with Crippen molar-refractivity contribution in [1.82, 2.24) is 4.90 Å². The Morgan fingerprint density at radius 1 is 1.29 bits per heavy atom. The summed E-state index contributed by atoms with van der Waals surface area (Å²) in [5.74, 6) is -0.654. The van der Waals surface area contributed by atoms with Crippen molar-refractivity contribution in [3.63, 3.8) is 0 Å². The fourth-order valence-corrected chi connectivity index (χ4v) is 2.57. The first-order chi connectivity index (χ1) is 11.1. The van der Waals surface area contributed by atoms with Gasteiger partial charge in [-0.05, 0) is 32.0 Å². The van der Waals surface area contributed by atoms with Gasteiger partial charge in [-0.25, -0.2) is 9.69 Å². The zero-order valence-corrected chi connectivity index (χ0v) is 13.0. The lowest BCUT2D eigenvalue weighted by molar-refractivity contribution is -0.137. The molecule has 1 saturated heterocycles. The third kappa shape index (κ3) is 2.69. The molecule has 0 aliphatic carbocycles. The smallest absolute Gasteiger partial charge is 0.329 e. The molecule has 0 atom stereocenters. The molecule has 1 fully saturated rings. The van der Waals surface area contributed by atoms with Crippen molar-refractivity contribution in [1.29, 1.82) is 5.26 Å². The number of carbonyl (C=O) groups is 2. The van der Waals surface area contributed by atoms with E-state index in [0.717, 1.165) is 12.1 Å². The third-order valence-corrected chi connectivity index (χ3v) is 3.86. The molecule has 2 rings (SSSR count). The van der Waals surface area contributed by atoms with Gasteiger partial charge in [-0.15, -0.1) is 0 Å². The minimum Gasteiger partial charge on any atom is -0.329 e. The highest BCUT2D eigenvalue weighted by Crippen LogP contribution is 2.37. The SMILES string of the molecule is CC1(C)C(=O)N(c2ccc(C#N)c(C(F)(F)F)c2)C(=O)N1CCN. The number of nitriles is 1. The number of imide groups is 1. The summed E-state index contributed by atoms with van der Waals surface area (Å²) >= 11 is 0. The molecule has 0 radical (unpaired) electrons. The van der Waals surface area contributed by atoms with E-state index >= 15 is 0 Å². The second kappa shape index (κ2) is 5.79. The van der Waals surface area contributed by atoms with E-state index in [1.165, 1.54) is 24.8 Å². The van der Waals surface area contributed by atoms with E-state index < -0.39 is 34.8 Å². The van der Waals surface area contributed by atoms with E-state index in [0.29, 0.717) is 11.0 Å². The fraction of sp³-hybridized carbons (Fsp3) is 0.400. The second-order valence-electron chi connectivity index (χ2n) is 5.76. The van der Waals surface area contributed by atoms with Crippen LogP contribution in [-0.4, -0.2) is 35.5 Å². The molecular formula is C15H15F3N4O2. The van der Waals surface area contributed by atoms with Crippen LogP contribution in [0.25, 0.3) is 0 Å². The molecule has 1 heterocycles. The zero-order valence-electron chi connectivity index (χ0n) is 13.0. The lowest BCUT2D eigenvalue weighted by Crippen LogP contribution is -2.46. The predicted molar refractivity (Wildman–Crippen MR) is 78.9 cm³/mol. The molecule has 2 N–H and O–H groups in total. The van der Waals surface area contributed by atoms with Crippen molar-refractivity contribution in [2.24, 2.45) is 5.73 Å². The number of hydrogen-bond donors (Lipinski definition) is 1. The van der Waals surface area contributed by atoms with Gasteiger partial charge in [0, 0.05) is 13.1 Å². The largest absolute Gasteiger partial charge is 0.417 e. The number of amides is 3. The molecule has 0 unspecified atom stereocenters. The molecule has 24 heavy (non-hydrogen) atoms. The Bertz CT molecular complexity index is 737. The first-order valence-corrected chi connectivity index (χ1v) is 7.03. The van der Waals surface area contributed by atoms with Gasteiger partial charge in [-0.2, -0.15) is 18.4 Å². The molecule has 0 bridgehead atoms. The molecule has 0 spiro atoms. The third-order valence-electron chi connectivity index (χ3n) is 3.86. The molecule has 6 nitrogen and oxygen atoms in total. The van der Waals surface area contributed by atoms with Gasteiger partial charge in [0.15, 0.2) is 0 Å². The first kappa shape index (κ1) is 17.7. The average molecular weight is 340 g/mol. The first-order valence-electron chi connectivity index (χ1n) is 7.03. The van der Waals surface area contributed by atoms with Crippen molar-refractivity contribution in [2.75, 3.05) is 18.0 Å². The maximum absolute atomic E-state index is 13.1. The topological polar surface area (TPSA) is 90.4 Å². The molecular weight excluding hydrogens is 325 g/mol. The number of alkyl halides is 3. The van der Waals surface area contributed by atoms with E-state index in [2.05, 4.69) is 0 Å². The monoisotopic (exact) mass is 340 g/mol. The maximum Gasteiger partial charge on any atom is 0.417 e. The van der Waals surface area contributed by atoms with Crippen LogP contribution >= 0.6 is 0 Å². The number of urea groups is 1. The Morgan fingerprint density at radius 3 is 2.42 bits per heavy atom. The summed E-state index contributed by atoms with van der Waals surface area (Å²) in [6.45, 7) is 3.20. The summed E-state index contributed by atoms with van der Waals surface area (Å²) in [5.41, 5.74) is 2.20. The number of nitrogens with two attached hydrogens (primary N) is 1. The standard InChI is InChI=1S/C15H15F3N4O2/c1-14(2)12(23)22(13(24)21(14)6-5-19)10-4-3-9(8-20)11(7-10)15(16,17)18/h3-4,7H,5-6,19H2,1-2H3. The molecule has 1 aliphatic heterocycles. The number of hydrogen-bond acceptors (Lipinski definition) is 4. The Labute approximate surface area is 136 Å². The minimum atomic E-state index is -4.78. The fourth-order valence-electron chi connectivity index (χ4n) is 2.57. The summed E-state index contributed by atoms with van der Waals surface area (Å²) in [4.78, 5) is 26.9. The van der Waals surface area contributed by atoms with Crippen LogP contribution in [0.2, 0.25) is 0 Å². The van der Waals surface area contributed by atoms with Gasteiger partial charge in [0.25, 0.3) is 5.91 Å². The Hall–Kier alpha value is -2.60. The highest BCUT2D eigenvalue weighted by Gasteiger charge is 2.51. The van der Waals surface area contributed by atoms with E-state index in [9.17, 15) is 22.8 Å². The summed E-state index contributed by atoms with van der Waals surface area (Å²) in [5, 5.41) is 8.82. The molecule has 1 aliphatic rings. The van der Waals surface area contributed by atoms with Crippen molar-refractivity contribution in [3.05, 3.63) is 29.3 Å². The van der Waals surface area contributed by atoms with Gasteiger partial charge in [0.05, 0.1) is 22.9 Å². The Kier molecular flexibility index (Phi) is 4.29. The van der Waals surface area contributed by atoms with Crippen molar-refractivity contribution in [2.45, 2.75) is 25.6 Å². The summed E-state index contributed by atoms with van der Waals surface area (Å²) < 4.78 is 39.2. The van der Waals surface area contributed by atoms with Crippen molar-refractivity contribution >= 4 is 17.6 Å². The Balaban J connectivity index is 2.55. The van der Waals surface area contributed by atoms with Crippen LogP contribution in [0.1, 0.15) is 25.0 Å². The quantitative estimate of drug-likeness (QED) is 0.853. The molecule has 3 amide bonds. The van der Waals surface area contributed by atoms with Crippen LogP contribution in [0.3, 0.4) is 0 Å². The molecule has 0 saturated carbocycles. The highest BCUT2D eigenvalue weighted by molar-refractivity contribution is 6.23. The zero-order chi connectivity index (χ0) is 18.3. The van der Waals surface area contributed by atoms with E-state index in [4.69, 9.17) is 11.0 Å². The summed E-state index contributed by atoms with van der Waals surface area (Å²) in [6.07, 6.45) is -4.78. The van der Waals surface area contributed by atoms with Gasteiger partial charge >= 0.3 is 12.2 Å². The van der Waals surface area contributed by atoms with Crippen molar-refractivity contribution < 1.29 is 22.8 Å². The molecule has 1 aromatic rings. The number of nitrogens with zero attached hydrogens (tertiary/aromatic N) is 3. The van der Waals surface area contributed by atoms with Crippen LogP contribution < -0.4 is 10.6 Å². The molecule has 128 valence electrons. The van der Waals surface area contributed by atoms with E-state index in [1.807, 2.05) is 0 Å². The van der Waals surface area contributed by atoms with E-state index in [1.54, 1.807) is 0 Å².